The summed E-state index contributed by atoms with van der Waals surface area (Å²) in [4.78, 5) is 13.0. The number of carbonyl (C=O) groups excluding carboxylic acids is 1. The van der Waals surface area contributed by atoms with E-state index in [1.807, 2.05) is 67.5 Å². The van der Waals surface area contributed by atoms with E-state index < -0.39 is 0 Å². The predicted octanol–water partition coefficient (Wildman–Crippen LogP) is 3.23. The molecule has 2 aromatic rings. The van der Waals surface area contributed by atoms with Crippen molar-refractivity contribution in [3.8, 4) is 11.1 Å². The summed E-state index contributed by atoms with van der Waals surface area (Å²) >= 11 is 0. The Morgan fingerprint density at radius 1 is 0.941 bits per heavy atom. The predicted molar refractivity (Wildman–Crippen MR) is 71.6 cm³/mol. The first-order chi connectivity index (χ1) is 8.22. The lowest BCUT2D eigenvalue weighted by atomic mass is 10.0. The van der Waals surface area contributed by atoms with E-state index in [9.17, 15) is 4.79 Å². The van der Waals surface area contributed by atoms with E-state index in [1.165, 1.54) is 0 Å². The monoisotopic (exact) mass is 225 g/mol. The molecule has 2 heteroatoms. The highest BCUT2D eigenvalue weighted by atomic mass is 16.1. The molecule has 0 aliphatic heterocycles. The molecule has 0 saturated carbocycles. The Hall–Kier alpha value is -2.09. The van der Waals surface area contributed by atoms with Crippen LogP contribution in [0.2, 0.25) is 0 Å². The van der Waals surface area contributed by atoms with Crippen molar-refractivity contribution in [2.24, 2.45) is 0 Å². The van der Waals surface area contributed by atoms with Gasteiger partial charge in [-0.15, -0.1) is 0 Å². The van der Waals surface area contributed by atoms with E-state index in [1.54, 1.807) is 0 Å². The molecule has 0 heterocycles. The molecule has 2 rings (SSSR count). The second-order valence-electron chi connectivity index (χ2n) is 4.15. The highest BCUT2D eigenvalue weighted by molar-refractivity contribution is 5.87. The Bertz CT molecular complexity index is 518. The van der Waals surface area contributed by atoms with E-state index in [4.69, 9.17) is 0 Å². The second-order valence-corrected chi connectivity index (χ2v) is 4.15. The van der Waals surface area contributed by atoms with Gasteiger partial charge in [-0.05, 0) is 23.3 Å². The van der Waals surface area contributed by atoms with Gasteiger partial charge in [0.05, 0.1) is 0 Å². The van der Waals surface area contributed by atoms with Gasteiger partial charge in [0.15, 0.2) is 6.29 Å². The van der Waals surface area contributed by atoms with E-state index in [-0.39, 0.29) is 0 Å². The Morgan fingerprint density at radius 3 is 2.24 bits per heavy atom. The van der Waals surface area contributed by atoms with Crippen molar-refractivity contribution in [2.75, 3.05) is 19.0 Å². The number of benzene rings is 2. The lowest BCUT2D eigenvalue weighted by Crippen LogP contribution is -2.11. The number of anilines is 1. The molecule has 2 aromatic carbocycles. The van der Waals surface area contributed by atoms with Crippen LogP contribution in [0.3, 0.4) is 0 Å². The maximum absolute atomic E-state index is 11.1. The fourth-order valence-electron chi connectivity index (χ4n) is 1.87. The summed E-state index contributed by atoms with van der Waals surface area (Å²) < 4.78 is 0. The van der Waals surface area contributed by atoms with Crippen molar-refractivity contribution in [1.82, 2.24) is 0 Å². The molecule has 0 radical (unpaired) electrons. The van der Waals surface area contributed by atoms with Gasteiger partial charge in [-0.3, -0.25) is 4.79 Å². The lowest BCUT2D eigenvalue weighted by molar-refractivity contribution is 0.112. The number of rotatable bonds is 3. The maximum Gasteiger partial charge on any atom is 0.152 e. The van der Waals surface area contributed by atoms with Crippen LogP contribution in [0.15, 0.2) is 48.5 Å². The van der Waals surface area contributed by atoms with Gasteiger partial charge in [-0.25, -0.2) is 0 Å². The molecule has 0 unspecified atom stereocenters. The Morgan fingerprint density at radius 2 is 1.65 bits per heavy atom. The highest BCUT2D eigenvalue weighted by Crippen LogP contribution is 2.25. The van der Waals surface area contributed by atoms with E-state index in [0.29, 0.717) is 0 Å². The fraction of sp³-hybridized carbons (Fsp3) is 0.133. The smallest absolute Gasteiger partial charge is 0.152 e. The minimum absolute atomic E-state index is 0.719. The first-order valence-electron chi connectivity index (χ1n) is 5.54. The van der Waals surface area contributed by atoms with Crippen molar-refractivity contribution in [1.29, 1.82) is 0 Å². The van der Waals surface area contributed by atoms with Crippen molar-refractivity contribution >= 4 is 12.0 Å². The van der Waals surface area contributed by atoms with Crippen molar-refractivity contribution in [3.63, 3.8) is 0 Å². The average molecular weight is 225 g/mol. The van der Waals surface area contributed by atoms with Crippen LogP contribution in [0.25, 0.3) is 11.1 Å². The zero-order valence-corrected chi connectivity index (χ0v) is 10.1. The number of hydrogen-bond donors (Lipinski definition) is 0. The van der Waals surface area contributed by atoms with Gasteiger partial charge in [-0.2, -0.15) is 0 Å². The summed E-state index contributed by atoms with van der Waals surface area (Å²) in [5.41, 5.74) is 3.86. The van der Waals surface area contributed by atoms with Crippen LogP contribution in [0.5, 0.6) is 0 Å². The summed E-state index contributed by atoms with van der Waals surface area (Å²) in [7, 11) is 3.87. The Kier molecular flexibility index (Phi) is 3.24. The van der Waals surface area contributed by atoms with Crippen molar-refractivity contribution in [2.45, 2.75) is 0 Å². The summed E-state index contributed by atoms with van der Waals surface area (Å²) in [6, 6.07) is 16.0. The second kappa shape index (κ2) is 4.83. The number of hydrogen-bond acceptors (Lipinski definition) is 2. The highest BCUT2D eigenvalue weighted by Gasteiger charge is 2.05. The number of carbonyl (C=O) groups is 1. The van der Waals surface area contributed by atoms with Crippen LogP contribution >= 0.6 is 0 Å². The van der Waals surface area contributed by atoms with Crippen LogP contribution in [0, 0.1) is 0 Å². The van der Waals surface area contributed by atoms with Crippen LogP contribution in [-0.4, -0.2) is 20.4 Å². The molecule has 86 valence electrons. The Labute approximate surface area is 102 Å². The van der Waals surface area contributed by atoms with Gasteiger partial charge in [-0.1, -0.05) is 36.4 Å². The third kappa shape index (κ3) is 2.36. The molecular formula is C15H15NO. The minimum atomic E-state index is 0.719. The van der Waals surface area contributed by atoms with Gasteiger partial charge in [0.2, 0.25) is 0 Å². The molecular weight excluding hydrogens is 210 g/mol. The number of nitrogens with zero attached hydrogens (tertiary/aromatic N) is 1. The van der Waals surface area contributed by atoms with E-state index in [2.05, 4.69) is 0 Å². The molecule has 17 heavy (non-hydrogen) atoms. The van der Waals surface area contributed by atoms with E-state index in [0.717, 1.165) is 28.7 Å². The van der Waals surface area contributed by atoms with Gasteiger partial charge >= 0.3 is 0 Å². The molecule has 0 aromatic heterocycles. The summed E-state index contributed by atoms with van der Waals surface area (Å²) in [6.45, 7) is 0. The molecule has 0 N–H and O–H groups in total. The first kappa shape index (κ1) is 11.4. The Balaban J connectivity index is 2.49. The van der Waals surface area contributed by atoms with Gasteiger partial charge < -0.3 is 4.90 Å². The summed E-state index contributed by atoms with van der Waals surface area (Å²) in [5.74, 6) is 0. The van der Waals surface area contributed by atoms with Crippen molar-refractivity contribution in [3.05, 3.63) is 54.1 Å². The summed E-state index contributed by atoms with van der Waals surface area (Å²) in [6.07, 6.45) is 0.905. The van der Waals surface area contributed by atoms with Gasteiger partial charge in [0, 0.05) is 25.3 Å². The molecule has 0 spiro atoms. The quantitative estimate of drug-likeness (QED) is 0.747. The van der Waals surface area contributed by atoms with Gasteiger partial charge in [0.25, 0.3) is 0 Å². The summed E-state index contributed by atoms with van der Waals surface area (Å²) in [5, 5.41) is 0. The molecule has 0 atom stereocenters. The van der Waals surface area contributed by atoms with Crippen molar-refractivity contribution < 1.29 is 4.79 Å². The zero-order valence-electron chi connectivity index (χ0n) is 10.1. The normalized spacial score (nSPS) is 10.0. The van der Waals surface area contributed by atoms with Gasteiger partial charge in [0.1, 0.15) is 0 Å². The molecule has 0 aliphatic carbocycles. The molecule has 2 nitrogen and oxygen atoms in total. The molecule has 0 fully saturated rings. The van der Waals surface area contributed by atoms with E-state index >= 15 is 0 Å². The lowest BCUT2D eigenvalue weighted by Gasteiger charge is -2.15. The average Bonchev–Trinajstić information content (AvgIpc) is 2.39. The SMILES string of the molecule is CN(C)c1ccc(-c2ccccc2)cc1C=O. The zero-order chi connectivity index (χ0) is 12.3. The largest absolute Gasteiger partial charge is 0.377 e. The maximum atomic E-state index is 11.1. The van der Waals surface area contributed by atoms with Crippen LogP contribution in [0.1, 0.15) is 10.4 Å². The number of aldehydes is 1. The van der Waals surface area contributed by atoms with Crippen LogP contribution in [-0.2, 0) is 0 Å². The minimum Gasteiger partial charge on any atom is -0.377 e. The first-order valence-corrected chi connectivity index (χ1v) is 5.54. The molecule has 0 aliphatic rings. The van der Waals surface area contributed by atoms with Crippen LogP contribution in [0.4, 0.5) is 5.69 Å². The third-order valence-electron chi connectivity index (χ3n) is 2.74. The fourth-order valence-corrected chi connectivity index (χ4v) is 1.87. The standard InChI is InChI=1S/C15H15NO/c1-16(2)15-9-8-13(10-14(15)11-17)12-6-4-3-5-7-12/h3-11H,1-2H3. The molecule has 0 amide bonds. The topological polar surface area (TPSA) is 20.3 Å². The molecule has 0 saturated heterocycles. The van der Waals surface area contributed by atoms with Crippen LogP contribution < -0.4 is 4.90 Å². The third-order valence-corrected chi connectivity index (χ3v) is 2.74. The molecule has 0 bridgehead atoms.